The van der Waals surface area contributed by atoms with Crippen LogP contribution in [0.15, 0.2) is 67.1 Å². The van der Waals surface area contributed by atoms with E-state index in [-0.39, 0.29) is 5.75 Å². The number of nitrogens with one attached hydrogen (secondary N) is 1. The van der Waals surface area contributed by atoms with Crippen molar-refractivity contribution < 1.29 is 5.11 Å². The Bertz CT molecular complexity index is 1110. The number of hydrogen-bond acceptors (Lipinski definition) is 5. The summed E-state index contributed by atoms with van der Waals surface area (Å²) < 4.78 is 0. The lowest BCUT2D eigenvalue weighted by atomic mass is 9.96. The number of fused-ring (bicyclic) bond motifs is 1. The molecule has 0 fully saturated rings. The quantitative estimate of drug-likeness (QED) is 0.493. The van der Waals surface area contributed by atoms with Crippen molar-refractivity contribution in [3.8, 4) is 5.75 Å². The van der Waals surface area contributed by atoms with Crippen molar-refractivity contribution >= 4 is 40.1 Å². The molecule has 0 bridgehead atoms. The van der Waals surface area contributed by atoms with Crippen molar-refractivity contribution in [2.24, 2.45) is 0 Å². The first-order valence-corrected chi connectivity index (χ1v) is 8.95. The number of halogens is 2. The predicted molar refractivity (Wildman–Crippen MR) is 107 cm³/mol. The van der Waals surface area contributed by atoms with Gasteiger partial charge in [-0.3, -0.25) is 4.98 Å². The SMILES string of the molecule is Oc1c(C(Nc2ncccn2)c2cccc(Cl)c2Cl)ccc2cccnc12. The summed E-state index contributed by atoms with van der Waals surface area (Å²) in [5.41, 5.74) is 1.80. The molecule has 0 aliphatic carbocycles. The predicted octanol–water partition coefficient (Wildman–Crippen LogP) is 5.24. The minimum absolute atomic E-state index is 0.0672. The summed E-state index contributed by atoms with van der Waals surface area (Å²) in [6.07, 6.45) is 4.91. The highest BCUT2D eigenvalue weighted by molar-refractivity contribution is 6.42. The van der Waals surface area contributed by atoms with E-state index in [9.17, 15) is 5.11 Å². The number of benzene rings is 2. The van der Waals surface area contributed by atoms with E-state index < -0.39 is 6.04 Å². The van der Waals surface area contributed by atoms with Crippen molar-refractivity contribution in [3.05, 3.63) is 88.3 Å². The lowest BCUT2D eigenvalue weighted by Gasteiger charge is -2.22. The van der Waals surface area contributed by atoms with Gasteiger partial charge in [0.2, 0.25) is 5.95 Å². The molecule has 27 heavy (non-hydrogen) atoms. The minimum atomic E-state index is -0.523. The molecule has 0 spiro atoms. The highest BCUT2D eigenvalue weighted by atomic mass is 35.5. The van der Waals surface area contributed by atoms with Crippen LogP contribution < -0.4 is 5.32 Å². The maximum Gasteiger partial charge on any atom is 0.223 e. The third kappa shape index (κ3) is 3.39. The van der Waals surface area contributed by atoms with Gasteiger partial charge in [0.25, 0.3) is 0 Å². The van der Waals surface area contributed by atoms with E-state index in [1.54, 1.807) is 36.8 Å². The third-order valence-corrected chi connectivity index (χ3v) is 5.06. The first kappa shape index (κ1) is 17.5. The molecular weight excluding hydrogens is 383 g/mol. The number of aromatic hydroxyl groups is 1. The zero-order chi connectivity index (χ0) is 18.8. The molecule has 134 valence electrons. The van der Waals surface area contributed by atoms with Gasteiger partial charge in [0.1, 0.15) is 11.3 Å². The van der Waals surface area contributed by atoms with Gasteiger partial charge in [-0.25, -0.2) is 9.97 Å². The van der Waals surface area contributed by atoms with Crippen molar-refractivity contribution in [1.29, 1.82) is 0 Å². The average Bonchev–Trinajstić information content (AvgIpc) is 2.70. The smallest absolute Gasteiger partial charge is 0.223 e. The highest BCUT2D eigenvalue weighted by Crippen LogP contribution is 2.39. The molecule has 7 heteroatoms. The van der Waals surface area contributed by atoms with Crippen molar-refractivity contribution in [2.45, 2.75) is 6.04 Å². The maximum absolute atomic E-state index is 10.9. The molecule has 0 radical (unpaired) electrons. The molecule has 1 unspecified atom stereocenters. The van der Waals surface area contributed by atoms with Crippen LogP contribution in [-0.2, 0) is 0 Å². The Balaban J connectivity index is 1.90. The first-order valence-electron chi connectivity index (χ1n) is 8.19. The number of aromatic nitrogens is 3. The van der Waals surface area contributed by atoms with E-state index in [0.717, 1.165) is 5.39 Å². The van der Waals surface area contributed by atoms with Crippen LogP contribution in [0.5, 0.6) is 5.75 Å². The van der Waals surface area contributed by atoms with Gasteiger partial charge < -0.3 is 10.4 Å². The molecule has 0 aliphatic heterocycles. The maximum atomic E-state index is 10.9. The lowest BCUT2D eigenvalue weighted by Crippen LogP contribution is -2.15. The molecule has 4 rings (SSSR count). The average molecular weight is 397 g/mol. The van der Waals surface area contributed by atoms with Gasteiger partial charge >= 0.3 is 0 Å². The largest absolute Gasteiger partial charge is 0.505 e. The van der Waals surface area contributed by atoms with Crippen LogP contribution in [-0.4, -0.2) is 20.1 Å². The molecule has 0 saturated heterocycles. The van der Waals surface area contributed by atoms with Gasteiger partial charge in [0.05, 0.1) is 16.1 Å². The van der Waals surface area contributed by atoms with E-state index in [4.69, 9.17) is 23.2 Å². The molecule has 4 aromatic rings. The number of hydrogen-bond donors (Lipinski definition) is 2. The number of phenolic OH excluding ortho intramolecular Hbond substituents is 1. The van der Waals surface area contributed by atoms with E-state index in [1.165, 1.54) is 0 Å². The van der Waals surface area contributed by atoms with Gasteiger partial charge in [-0.15, -0.1) is 0 Å². The molecule has 2 aromatic heterocycles. The van der Waals surface area contributed by atoms with Crippen LogP contribution in [0.2, 0.25) is 10.0 Å². The fourth-order valence-electron chi connectivity index (χ4n) is 2.95. The Morgan fingerprint density at radius 3 is 2.41 bits per heavy atom. The standard InChI is InChI=1S/C20H14Cl2N4O/c21-15-6-1-5-13(16(15)22)18(26-20-24-10-3-11-25-20)14-8-7-12-4-2-9-23-17(12)19(14)27/h1-11,18,27H,(H,24,25,26). The van der Waals surface area contributed by atoms with Crippen LogP contribution in [0.4, 0.5) is 5.95 Å². The lowest BCUT2D eigenvalue weighted by molar-refractivity contribution is 0.471. The van der Waals surface area contributed by atoms with Crippen molar-refractivity contribution in [3.63, 3.8) is 0 Å². The van der Waals surface area contributed by atoms with Crippen LogP contribution >= 0.6 is 23.2 Å². The molecule has 0 saturated carbocycles. The van der Waals surface area contributed by atoms with E-state index >= 15 is 0 Å². The summed E-state index contributed by atoms with van der Waals surface area (Å²) in [4.78, 5) is 12.7. The molecule has 5 nitrogen and oxygen atoms in total. The Hall–Kier alpha value is -2.89. The van der Waals surface area contributed by atoms with Gasteiger partial charge in [0.15, 0.2) is 0 Å². The van der Waals surface area contributed by atoms with Crippen LogP contribution in [0.1, 0.15) is 17.2 Å². The normalized spacial score (nSPS) is 12.1. The summed E-state index contributed by atoms with van der Waals surface area (Å²) in [7, 11) is 0. The first-order chi connectivity index (χ1) is 13.1. The van der Waals surface area contributed by atoms with Gasteiger partial charge in [-0.05, 0) is 23.8 Å². The Morgan fingerprint density at radius 1 is 0.815 bits per heavy atom. The Labute approximate surface area is 165 Å². The molecule has 2 heterocycles. The monoisotopic (exact) mass is 396 g/mol. The second kappa shape index (κ2) is 7.39. The molecular formula is C20H14Cl2N4O. The molecule has 0 amide bonds. The summed E-state index contributed by atoms with van der Waals surface area (Å²) in [5, 5.41) is 15.8. The Morgan fingerprint density at radius 2 is 1.59 bits per heavy atom. The van der Waals surface area contributed by atoms with Gasteiger partial charge in [-0.1, -0.05) is 53.5 Å². The number of rotatable bonds is 4. The third-order valence-electron chi connectivity index (χ3n) is 4.22. The second-order valence-corrected chi connectivity index (χ2v) is 6.66. The van der Waals surface area contributed by atoms with Crippen molar-refractivity contribution in [2.75, 3.05) is 5.32 Å². The van der Waals surface area contributed by atoms with Gasteiger partial charge in [0, 0.05) is 29.5 Å². The topological polar surface area (TPSA) is 70.9 Å². The summed E-state index contributed by atoms with van der Waals surface area (Å²) >= 11 is 12.7. The second-order valence-electron chi connectivity index (χ2n) is 5.87. The molecule has 0 aliphatic rings. The summed E-state index contributed by atoms with van der Waals surface area (Å²) in [6, 6.07) is 14.0. The van der Waals surface area contributed by atoms with Crippen LogP contribution in [0, 0.1) is 0 Å². The summed E-state index contributed by atoms with van der Waals surface area (Å²) in [6.45, 7) is 0. The zero-order valence-corrected chi connectivity index (χ0v) is 15.5. The van der Waals surface area contributed by atoms with Gasteiger partial charge in [-0.2, -0.15) is 0 Å². The number of phenols is 1. The summed E-state index contributed by atoms with van der Waals surface area (Å²) in [5.74, 6) is 0.469. The number of pyridine rings is 1. The fourth-order valence-corrected chi connectivity index (χ4v) is 3.36. The molecule has 2 N–H and O–H groups in total. The van der Waals surface area contributed by atoms with Crippen LogP contribution in [0.25, 0.3) is 10.9 Å². The van der Waals surface area contributed by atoms with E-state index in [1.807, 2.05) is 30.3 Å². The number of nitrogens with zero attached hydrogens (tertiary/aromatic N) is 3. The fraction of sp³-hybridized carbons (Fsp3) is 0.0500. The van der Waals surface area contributed by atoms with E-state index in [0.29, 0.717) is 32.6 Å². The zero-order valence-electron chi connectivity index (χ0n) is 14.0. The minimum Gasteiger partial charge on any atom is -0.505 e. The number of anilines is 1. The van der Waals surface area contributed by atoms with E-state index in [2.05, 4.69) is 20.3 Å². The molecule has 1 atom stereocenters. The van der Waals surface area contributed by atoms with Crippen molar-refractivity contribution in [1.82, 2.24) is 15.0 Å². The van der Waals surface area contributed by atoms with Crippen LogP contribution in [0.3, 0.4) is 0 Å². The Kier molecular flexibility index (Phi) is 4.79. The molecule has 2 aromatic carbocycles. The highest BCUT2D eigenvalue weighted by Gasteiger charge is 2.23.